The smallest absolute Gasteiger partial charge is 0.231 e. The molecule has 0 radical (unpaired) electrons. The molecular weight excluding hydrogens is 224 g/mol. The lowest BCUT2D eigenvalue weighted by Crippen LogP contribution is -2.38. The average Bonchev–Trinajstić information content (AvgIpc) is 2.73. The van der Waals surface area contributed by atoms with Gasteiger partial charge in [-0.2, -0.15) is 0 Å². The standard InChI is InChI=1S/C10H16N4O3/c1-5-4-12-10(17-5)7(3)13-9(15)6(2)8(11)14-16/h4,6-7,16H,1-3H3,(H2,11,14)(H,13,15). The third-order valence-corrected chi connectivity index (χ3v) is 2.32. The lowest BCUT2D eigenvalue weighted by Gasteiger charge is -2.14. The molecule has 0 aliphatic carbocycles. The SMILES string of the molecule is Cc1cnc(C(C)NC(=O)C(C)/C(N)=N/O)o1. The van der Waals surface area contributed by atoms with E-state index in [1.807, 2.05) is 0 Å². The number of nitrogens with one attached hydrogen (secondary N) is 1. The third-order valence-electron chi connectivity index (χ3n) is 2.32. The fourth-order valence-electron chi connectivity index (χ4n) is 1.19. The molecule has 1 aromatic heterocycles. The Kier molecular flexibility index (Phi) is 4.08. The largest absolute Gasteiger partial charge is 0.444 e. The van der Waals surface area contributed by atoms with E-state index in [0.29, 0.717) is 11.7 Å². The van der Waals surface area contributed by atoms with Crippen molar-refractivity contribution < 1.29 is 14.4 Å². The lowest BCUT2D eigenvalue weighted by molar-refractivity contribution is -0.123. The number of hydrogen-bond acceptors (Lipinski definition) is 5. The molecular formula is C10H16N4O3. The molecule has 17 heavy (non-hydrogen) atoms. The molecule has 0 fully saturated rings. The van der Waals surface area contributed by atoms with Crippen LogP contribution in [-0.4, -0.2) is 21.9 Å². The number of carbonyl (C=O) groups is 1. The van der Waals surface area contributed by atoms with Crippen LogP contribution < -0.4 is 11.1 Å². The Hall–Kier alpha value is -2.05. The first-order valence-corrected chi connectivity index (χ1v) is 5.15. The number of amidine groups is 1. The third kappa shape index (κ3) is 3.20. The van der Waals surface area contributed by atoms with Crippen molar-refractivity contribution in [2.24, 2.45) is 16.8 Å². The van der Waals surface area contributed by atoms with Gasteiger partial charge in [-0.15, -0.1) is 0 Å². The first kappa shape index (κ1) is 13.0. The molecule has 0 spiro atoms. The van der Waals surface area contributed by atoms with Crippen molar-refractivity contribution >= 4 is 11.7 Å². The summed E-state index contributed by atoms with van der Waals surface area (Å²) in [5, 5.41) is 13.9. The van der Waals surface area contributed by atoms with Crippen molar-refractivity contribution in [3.05, 3.63) is 17.8 Å². The summed E-state index contributed by atoms with van der Waals surface area (Å²) < 4.78 is 5.28. The maximum atomic E-state index is 11.7. The van der Waals surface area contributed by atoms with Crippen LogP contribution in [0.25, 0.3) is 0 Å². The number of aryl methyl sites for hydroxylation is 1. The van der Waals surface area contributed by atoms with Gasteiger partial charge < -0.3 is 20.7 Å². The minimum absolute atomic E-state index is 0.140. The quantitative estimate of drug-likeness (QED) is 0.307. The van der Waals surface area contributed by atoms with Crippen LogP contribution in [0.2, 0.25) is 0 Å². The summed E-state index contributed by atoms with van der Waals surface area (Å²) >= 11 is 0. The van der Waals surface area contributed by atoms with Gasteiger partial charge in [0.15, 0.2) is 5.84 Å². The van der Waals surface area contributed by atoms with Gasteiger partial charge in [-0.25, -0.2) is 4.98 Å². The number of oxazole rings is 1. The van der Waals surface area contributed by atoms with Crippen LogP contribution in [0.15, 0.2) is 15.8 Å². The number of carbonyl (C=O) groups excluding carboxylic acids is 1. The van der Waals surface area contributed by atoms with Crippen LogP contribution in [0.1, 0.15) is 31.5 Å². The van der Waals surface area contributed by atoms with Gasteiger partial charge in [-0.3, -0.25) is 4.79 Å². The molecule has 0 saturated carbocycles. The van der Waals surface area contributed by atoms with E-state index in [-0.39, 0.29) is 17.8 Å². The maximum Gasteiger partial charge on any atom is 0.231 e. The molecule has 4 N–H and O–H groups in total. The average molecular weight is 240 g/mol. The van der Waals surface area contributed by atoms with Gasteiger partial charge in [0.25, 0.3) is 0 Å². The predicted molar refractivity (Wildman–Crippen MR) is 60.4 cm³/mol. The highest BCUT2D eigenvalue weighted by Gasteiger charge is 2.21. The van der Waals surface area contributed by atoms with E-state index >= 15 is 0 Å². The zero-order chi connectivity index (χ0) is 13.0. The normalized spacial score (nSPS) is 15.4. The number of nitrogens with zero attached hydrogens (tertiary/aromatic N) is 2. The molecule has 1 rings (SSSR count). The fraction of sp³-hybridized carbons (Fsp3) is 0.500. The van der Waals surface area contributed by atoms with Crippen molar-refractivity contribution in [1.82, 2.24) is 10.3 Å². The minimum Gasteiger partial charge on any atom is -0.444 e. The summed E-state index contributed by atoms with van der Waals surface area (Å²) in [6.45, 7) is 5.05. The first-order chi connectivity index (χ1) is 7.95. The monoisotopic (exact) mass is 240 g/mol. The Morgan fingerprint density at radius 2 is 2.29 bits per heavy atom. The van der Waals surface area contributed by atoms with Crippen LogP contribution in [0.5, 0.6) is 0 Å². The molecule has 0 aliphatic heterocycles. The summed E-state index contributed by atoms with van der Waals surface area (Å²) in [5.74, 6) is -0.117. The van der Waals surface area contributed by atoms with Gasteiger partial charge in [0.2, 0.25) is 11.8 Å². The van der Waals surface area contributed by atoms with Gasteiger partial charge in [-0.1, -0.05) is 5.16 Å². The Balaban J connectivity index is 2.63. The second-order valence-corrected chi connectivity index (χ2v) is 3.79. The van der Waals surface area contributed by atoms with Gasteiger partial charge in [0, 0.05) is 0 Å². The molecule has 7 heteroatoms. The van der Waals surface area contributed by atoms with E-state index in [0.717, 1.165) is 0 Å². The molecule has 0 bridgehead atoms. The molecule has 1 heterocycles. The Labute approximate surface area is 98.7 Å². The van der Waals surface area contributed by atoms with E-state index in [4.69, 9.17) is 15.4 Å². The van der Waals surface area contributed by atoms with E-state index in [1.54, 1.807) is 20.0 Å². The predicted octanol–water partition coefficient (Wildman–Crippen LogP) is 0.543. The Bertz CT molecular complexity index is 427. The van der Waals surface area contributed by atoms with Crippen molar-refractivity contribution in [1.29, 1.82) is 0 Å². The second kappa shape index (κ2) is 5.33. The van der Waals surface area contributed by atoms with E-state index in [2.05, 4.69) is 15.5 Å². The van der Waals surface area contributed by atoms with Crippen molar-refractivity contribution in [2.75, 3.05) is 0 Å². The molecule has 2 unspecified atom stereocenters. The lowest BCUT2D eigenvalue weighted by atomic mass is 10.1. The molecule has 94 valence electrons. The van der Waals surface area contributed by atoms with Crippen molar-refractivity contribution in [2.45, 2.75) is 26.8 Å². The highest BCUT2D eigenvalue weighted by Crippen LogP contribution is 2.12. The Morgan fingerprint density at radius 3 is 2.76 bits per heavy atom. The van der Waals surface area contributed by atoms with E-state index in [9.17, 15) is 4.79 Å². The number of aromatic nitrogens is 1. The molecule has 0 aliphatic rings. The topological polar surface area (TPSA) is 114 Å². The van der Waals surface area contributed by atoms with Crippen LogP contribution >= 0.6 is 0 Å². The van der Waals surface area contributed by atoms with E-state index < -0.39 is 5.92 Å². The number of amides is 1. The van der Waals surface area contributed by atoms with Crippen LogP contribution in [0.3, 0.4) is 0 Å². The van der Waals surface area contributed by atoms with Crippen LogP contribution in [0.4, 0.5) is 0 Å². The van der Waals surface area contributed by atoms with Crippen LogP contribution in [0, 0.1) is 12.8 Å². The zero-order valence-corrected chi connectivity index (χ0v) is 9.97. The molecule has 0 aromatic carbocycles. The highest BCUT2D eigenvalue weighted by atomic mass is 16.4. The summed E-state index contributed by atoms with van der Waals surface area (Å²) in [6.07, 6.45) is 1.57. The molecule has 1 amide bonds. The number of hydrogen-bond donors (Lipinski definition) is 3. The maximum absolute atomic E-state index is 11.7. The summed E-state index contributed by atoms with van der Waals surface area (Å²) in [5.41, 5.74) is 5.34. The highest BCUT2D eigenvalue weighted by molar-refractivity contribution is 6.01. The van der Waals surface area contributed by atoms with Gasteiger partial charge in [0.1, 0.15) is 11.8 Å². The fourth-order valence-corrected chi connectivity index (χ4v) is 1.19. The van der Waals surface area contributed by atoms with Gasteiger partial charge >= 0.3 is 0 Å². The second-order valence-electron chi connectivity index (χ2n) is 3.79. The minimum atomic E-state index is -0.710. The van der Waals surface area contributed by atoms with Gasteiger partial charge in [0.05, 0.1) is 12.1 Å². The first-order valence-electron chi connectivity index (χ1n) is 5.15. The van der Waals surface area contributed by atoms with Gasteiger partial charge in [-0.05, 0) is 20.8 Å². The number of oxime groups is 1. The molecule has 0 saturated heterocycles. The van der Waals surface area contributed by atoms with Crippen LogP contribution in [-0.2, 0) is 4.79 Å². The van der Waals surface area contributed by atoms with E-state index in [1.165, 1.54) is 6.92 Å². The molecule has 7 nitrogen and oxygen atoms in total. The molecule has 2 atom stereocenters. The zero-order valence-electron chi connectivity index (χ0n) is 9.97. The summed E-state index contributed by atoms with van der Waals surface area (Å²) in [4.78, 5) is 15.7. The van der Waals surface area contributed by atoms with Crippen molar-refractivity contribution in [3.8, 4) is 0 Å². The number of nitrogens with two attached hydrogens (primary N) is 1. The summed E-state index contributed by atoms with van der Waals surface area (Å²) in [7, 11) is 0. The molecule has 1 aromatic rings. The van der Waals surface area contributed by atoms with Crippen molar-refractivity contribution in [3.63, 3.8) is 0 Å². The summed E-state index contributed by atoms with van der Waals surface area (Å²) in [6, 6.07) is -0.370. The number of rotatable bonds is 4. The Morgan fingerprint density at radius 1 is 1.65 bits per heavy atom.